The molecular weight excluding hydrogens is 516 g/mol. The number of rotatable bonds is 5. The molecule has 0 bridgehead atoms. The third kappa shape index (κ3) is 6.43. The molecule has 0 spiro atoms. The minimum absolute atomic E-state index is 0.0224. The SMILES string of the molecule is CC1(C)CC[C@@H]([C@@H](NC(=O)N2CCc3cnc(NC4CCOCC4)nc3C2)c2ccc(C(F)(F)F)cc2F)N1. The van der Waals surface area contributed by atoms with Gasteiger partial charge in [-0.15, -0.1) is 0 Å². The first-order chi connectivity index (χ1) is 18.5. The molecule has 12 heteroatoms. The Bertz CT molecular complexity index is 1200. The van der Waals surface area contributed by atoms with Crippen molar-refractivity contribution in [3.8, 4) is 0 Å². The van der Waals surface area contributed by atoms with Crippen molar-refractivity contribution in [2.45, 2.75) is 82.3 Å². The number of alkyl halides is 3. The minimum atomic E-state index is -4.66. The molecule has 4 heterocycles. The molecule has 2 saturated heterocycles. The van der Waals surface area contributed by atoms with Crippen LogP contribution in [-0.4, -0.2) is 58.3 Å². The number of urea groups is 1. The lowest BCUT2D eigenvalue weighted by molar-refractivity contribution is -0.137. The average molecular weight is 551 g/mol. The monoisotopic (exact) mass is 550 g/mol. The van der Waals surface area contributed by atoms with Crippen LogP contribution in [0.2, 0.25) is 0 Å². The number of hydrogen-bond donors (Lipinski definition) is 3. The molecule has 8 nitrogen and oxygen atoms in total. The van der Waals surface area contributed by atoms with E-state index >= 15 is 4.39 Å². The molecule has 3 N–H and O–H groups in total. The number of benzene rings is 1. The maximum atomic E-state index is 15.1. The second-order valence-corrected chi connectivity index (χ2v) is 11.2. The number of nitrogens with zero attached hydrogens (tertiary/aromatic N) is 3. The number of nitrogens with one attached hydrogen (secondary N) is 3. The van der Waals surface area contributed by atoms with Gasteiger partial charge < -0.3 is 25.6 Å². The highest BCUT2D eigenvalue weighted by Crippen LogP contribution is 2.35. The summed E-state index contributed by atoms with van der Waals surface area (Å²) in [5.41, 5.74) is 0.407. The van der Waals surface area contributed by atoms with E-state index in [1.54, 1.807) is 11.1 Å². The zero-order valence-electron chi connectivity index (χ0n) is 22.1. The van der Waals surface area contributed by atoms with E-state index in [-0.39, 0.29) is 29.7 Å². The summed E-state index contributed by atoms with van der Waals surface area (Å²) in [6, 6.07) is 1.09. The van der Waals surface area contributed by atoms with Crippen molar-refractivity contribution in [3.63, 3.8) is 0 Å². The number of aromatic nitrogens is 2. The largest absolute Gasteiger partial charge is 0.416 e. The molecule has 2 atom stereocenters. The van der Waals surface area contributed by atoms with E-state index in [9.17, 15) is 18.0 Å². The van der Waals surface area contributed by atoms with Crippen molar-refractivity contribution in [2.75, 3.05) is 25.1 Å². The molecule has 2 aromatic rings. The molecule has 3 aliphatic heterocycles. The summed E-state index contributed by atoms with van der Waals surface area (Å²) in [4.78, 5) is 24.1. The van der Waals surface area contributed by atoms with Crippen molar-refractivity contribution in [3.05, 3.63) is 52.6 Å². The summed E-state index contributed by atoms with van der Waals surface area (Å²) in [5.74, 6) is -0.493. The molecule has 0 aliphatic carbocycles. The second-order valence-electron chi connectivity index (χ2n) is 11.2. The lowest BCUT2D eigenvalue weighted by Gasteiger charge is -2.33. The first-order valence-electron chi connectivity index (χ1n) is 13.4. The van der Waals surface area contributed by atoms with Crippen molar-refractivity contribution >= 4 is 12.0 Å². The van der Waals surface area contributed by atoms with E-state index in [2.05, 4.69) is 25.9 Å². The quantitative estimate of drug-likeness (QED) is 0.473. The average Bonchev–Trinajstić information content (AvgIpc) is 3.26. The third-order valence-corrected chi connectivity index (χ3v) is 7.79. The molecule has 2 fully saturated rings. The number of hydrogen-bond acceptors (Lipinski definition) is 6. The fourth-order valence-electron chi connectivity index (χ4n) is 5.56. The summed E-state index contributed by atoms with van der Waals surface area (Å²) in [5, 5.41) is 9.68. The van der Waals surface area contributed by atoms with Crippen molar-refractivity contribution in [1.82, 2.24) is 25.5 Å². The second kappa shape index (κ2) is 10.9. The highest BCUT2D eigenvalue weighted by Gasteiger charge is 2.39. The van der Waals surface area contributed by atoms with Gasteiger partial charge in [-0.2, -0.15) is 13.2 Å². The van der Waals surface area contributed by atoms with Crippen molar-refractivity contribution < 1.29 is 27.1 Å². The van der Waals surface area contributed by atoms with Gasteiger partial charge >= 0.3 is 12.2 Å². The summed E-state index contributed by atoms with van der Waals surface area (Å²) in [7, 11) is 0. The molecule has 5 rings (SSSR count). The molecule has 1 aromatic carbocycles. The van der Waals surface area contributed by atoms with Gasteiger partial charge in [-0.3, -0.25) is 0 Å². The van der Waals surface area contributed by atoms with Crippen LogP contribution in [-0.2, 0) is 23.9 Å². The van der Waals surface area contributed by atoms with Gasteiger partial charge in [0.25, 0.3) is 0 Å². The zero-order chi connectivity index (χ0) is 27.8. The molecule has 212 valence electrons. The van der Waals surface area contributed by atoms with Crippen LogP contribution in [0.25, 0.3) is 0 Å². The molecule has 1 aromatic heterocycles. The van der Waals surface area contributed by atoms with Gasteiger partial charge in [-0.25, -0.2) is 19.2 Å². The Morgan fingerprint density at radius 3 is 2.67 bits per heavy atom. The number of amides is 2. The van der Waals surface area contributed by atoms with E-state index in [1.165, 1.54) is 0 Å². The first-order valence-corrected chi connectivity index (χ1v) is 13.4. The number of ether oxygens (including phenoxy) is 1. The summed E-state index contributed by atoms with van der Waals surface area (Å²) in [6.45, 7) is 6.04. The Morgan fingerprint density at radius 2 is 2.00 bits per heavy atom. The smallest absolute Gasteiger partial charge is 0.381 e. The topological polar surface area (TPSA) is 91.4 Å². The van der Waals surface area contributed by atoms with Crippen LogP contribution in [0.4, 0.5) is 28.3 Å². The fraction of sp³-hybridized carbons (Fsp3) is 0.593. The number of carbonyl (C=O) groups is 1. The lowest BCUT2D eigenvalue weighted by Crippen LogP contribution is -2.50. The Kier molecular flexibility index (Phi) is 7.69. The van der Waals surface area contributed by atoms with Crippen LogP contribution in [0.1, 0.15) is 68.0 Å². The predicted octanol–water partition coefficient (Wildman–Crippen LogP) is 4.57. The molecule has 0 saturated carbocycles. The number of carbonyl (C=O) groups excluding carboxylic acids is 1. The van der Waals surface area contributed by atoms with Gasteiger partial charge in [0.2, 0.25) is 5.95 Å². The van der Waals surface area contributed by atoms with E-state index in [1.807, 2.05) is 13.8 Å². The Morgan fingerprint density at radius 1 is 1.23 bits per heavy atom. The van der Waals surface area contributed by atoms with Crippen LogP contribution in [0.3, 0.4) is 0 Å². The zero-order valence-corrected chi connectivity index (χ0v) is 22.1. The number of anilines is 1. The van der Waals surface area contributed by atoms with Gasteiger partial charge in [-0.05, 0) is 63.6 Å². The molecule has 39 heavy (non-hydrogen) atoms. The highest BCUT2D eigenvalue weighted by molar-refractivity contribution is 5.75. The predicted molar refractivity (Wildman–Crippen MR) is 137 cm³/mol. The minimum Gasteiger partial charge on any atom is -0.381 e. The van der Waals surface area contributed by atoms with Crippen molar-refractivity contribution in [2.24, 2.45) is 0 Å². The summed E-state index contributed by atoms with van der Waals surface area (Å²) in [6.07, 6.45) is 0.830. The molecule has 0 unspecified atom stereocenters. The van der Waals surface area contributed by atoms with Gasteiger partial charge in [0, 0.05) is 49.1 Å². The van der Waals surface area contributed by atoms with E-state index in [0.29, 0.717) is 44.6 Å². The fourth-order valence-corrected chi connectivity index (χ4v) is 5.56. The Hall–Kier alpha value is -2.99. The lowest BCUT2D eigenvalue weighted by atomic mass is 9.96. The van der Waals surface area contributed by atoms with Crippen LogP contribution in [0, 0.1) is 5.82 Å². The van der Waals surface area contributed by atoms with E-state index in [0.717, 1.165) is 42.7 Å². The molecule has 2 amide bonds. The first kappa shape index (κ1) is 27.6. The maximum absolute atomic E-state index is 15.1. The highest BCUT2D eigenvalue weighted by atomic mass is 19.4. The molecular formula is C27H34F4N6O2. The number of halogens is 4. The molecule has 0 radical (unpaired) electrons. The van der Waals surface area contributed by atoms with Gasteiger partial charge in [-0.1, -0.05) is 6.07 Å². The summed E-state index contributed by atoms with van der Waals surface area (Å²) >= 11 is 0. The van der Waals surface area contributed by atoms with Gasteiger partial charge in [0.15, 0.2) is 0 Å². The molecule has 3 aliphatic rings. The maximum Gasteiger partial charge on any atom is 0.416 e. The van der Waals surface area contributed by atoms with Gasteiger partial charge in [0.05, 0.1) is 23.8 Å². The van der Waals surface area contributed by atoms with Crippen LogP contribution in [0.15, 0.2) is 24.4 Å². The Balaban J connectivity index is 1.33. The van der Waals surface area contributed by atoms with E-state index < -0.39 is 29.6 Å². The normalized spacial score (nSPS) is 22.3. The van der Waals surface area contributed by atoms with Crippen LogP contribution < -0.4 is 16.0 Å². The van der Waals surface area contributed by atoms with E-state index in [4.69, 9.17) is 4.74 Å². The van der Waals surface area contributed by atoms with Crippen LogP contribution >= 0.6 is 0 Å². The van der Waals surface area contributed by atoms with Gasteiger partial charge in [0.1, 0.15) is 5.82 Å². The van der Waals surface area contributed by atoms with Crippen molar-refractivity contribution in [1.29, 1.82) is 0 Å². The third-order valence-electron chi connectivity index (χ3n) is 7.79. The van der Waals surface area contributed by atoms with Crippen LogP contribution in [0.5, 0.6) is 0 Å². The number of fused-ring (bicyclic) bond motifs is 1. The Labute approximate surface area is 224 Å². The summed E-state index contributed by atoms with van der Waals surface area (Å²) < 4.78 is 60.0. The standard InChI is InChI=1S/C27H34F4N6O2/c1-26(2)9-5-21(36-26)23(19-4-3-17(13-20(19)28)27(29,30)31)35-25(38)37-10-6-16-14-32-24(34-22(16)15-37)33-18-7-11-39-12-8-18/h3-4,13-14,18,21,23,36H,5-12,15H2,1-2H3,(H,35,38)(H,32,33,34)/t21-,23-/m0/s1.